The summed E-state index contributed by atoms with van der Waals surface area (Å²) >= 11 is 1.11. The molecule has 0 atom stereocenters. The maximum absolute atomic E-state index is 11.5. The summed E-state index contributed by atoms with van der Waals surface area (Å²) in [6.07, 6.45) is 0.924. The summed E-state index contributed by atoms with van der Waals surface area (Å²) in [5.41, 5.74) is 0. The molecule has 0 unspecified atom stereocenters. The van der Waals surface area contributed by atoms with Gasteiger partial charge in [-0.15, -0.1) is 5.10 Å². The Kier molecular flexibility index (Phi) is 6.26. The Morgan fingerprint density at radius 2 is 2.21 bits per heavy atom. The van der Waals surface area contributed by atoms with E-state index in [1.165, 1.54) is 0 Å². The van der Waals surface area contributed by atoms with E-state index in [2.05, 4.69) is 34.7 Å². The lowest BCUT2D eigenvalue weighted by molar-refractivity contribution is -0.138. The molecular formula is C10H17N5O3S. The lowest BCUT2D eigenvalue weighted by atomic mass is 10.1. The molecule has 2 N–H and O–H groups in total. The van der Waals surface area contributed by atoms with Crippen LogP contribution in [0.5, 0.6) is 0 Å². The number of amides is 1. The molecule has 1 rings (SSSR count). The summed E-state index contributed by atoms with van der Waals surface area (Å²) in [4.78, 5) is 22.1. The van der Waals surface area contributed by atoms with Crippen LogP contribution >= 0.6 is 11.8 Å². The highest BCUT2D eigenvalue weighted by Gasteiger charge is 2.11. The predicted octanol–water partition coefficient (Wildman–Crippen LogP) is 0.0121. The molecule has 0 aliphatic carbocycles. The fourth-order valence-corrected chi connectivity index (χ4v) is 1.92. The summed E-state index contributed by atoms with van der Waals surface area (Å²) in [6.45, 7) is 4.49. The number of carbonyl (C=O) groups excluding carboxylic acids is 1. The molecule has 0 aliphatic rings. The first-order valence-electron chi connectivity index (χ1n) is 5.86. The van der Waals surface area contributed by atoms with E-state index in [1.807, 2.05) is 0 Å². The number of carboxylic acid groups (broad SMARTS) is 1. The Balaban J connectivity index is 2.34. The van der Waals surface area contributed by atoms with Crippen LogP contribution in [0.25, 0.3) is 0 Å². The first kappa shape index (κ1) is 15.4. The molecule has 0 saturated carbocycles. The second-order valence-corrected chi connectivity index (χ2v) is 5.28. The minimum absolute atomic E-state index is 0.115. The first-order chi connectivity index (χ1) is 8.99. The van der Waals surface area contributed by atoms with Gasteiger partial charge in [-0.3, -0.25) is 9.59 Å². The molecule has 1 heterocycles. The van der Waals surface area contributed by atoms with E-state index < -0.39 is 5.97 Å². The zero-order valence-electron chi connectivity index (χ0n) is 10.9. The first-order valence-corrected chi connectivity index (χ1v) is 6.85. The summed E-state index contributed by atoms with van der Waals surface area (Å²) in [5.74, 6) is -0.445. The van der Waals surface area contributed by atoms with Crippen LogP contribution in [0.15, 0.2) is 5.16 Å². The number of hydrogen-bond acceptors (Lipinski definition) is 6. The smallest absolute Gasteiger partial charge is 0.325 e. The van der Waals surface area contributed by atoms with Crippen molar-refractivity contribution >= 4 is 23.6 Å². The third-order valence-corrected chi connectivity index (χ3v) is 3.12. The molecule has 1 aromatic rings. The summed E-state index contributed by atoms with van der Waals surface area (Å²) in [7, 11) is 0. The van der Waals surface area contributed by atoms with Gasteiger partial charge >= 0.3 is 5.97 Å². The number of carboxylic acids is 1. The van der Waals surface area contributed by atoms with Gasteiger partial charge in [0.05, 0.1) is 5.75 Å². The second kappa shape index (κ2) is 7.72. The number of thioether (sulfide) groups is 1. The normalized spacial score (nSPS) is 10.7. The van der Waals surface area contributed by atoms with Crippen LogP contribution in [0.2, 0.25) is 0 Å². The third kappa shape index (κ3) is 6.18. The summed E-state index contributed by atoms with van der Waals surface area (Å²) < 4.78 is 1.15. The number of nitrogens with one attached hydrogen (secondary N) is 1. The molecule has 0 aromatic carbocycles. The van der Waals surface area contributed by atoms with E-state index in [-0.39, 0.29) is 18.2 Å². The van der Waals surface area contributed by atoms with Crippen LogP contribution in [0.1, 0.15) is 20.3 Å². The number of tetrazole rings is 1. The van der Waals surface area contributed by atoms with Gasteiger partial charge in [0.15, 0.2) is 0 Å². The standard InChI is InChI=1S/C10H17N5O3S/c1-7(2)3-4-11-8(16)6-19-10-12-13-14-15(10)5-9(17)18/h7H,3-6H2,1-2H3,(H,11,16)(H,17,18). The van der Waals surface area contributed by atoms with Crippen molar-refractivity contribution in [2.75, 3.05) is 12.3 Å². The zero-order valence-corrected chi connectivity index (χ0v) is 11.7. The topological polar surface area (TPSA) is 110 Å². The minimum atomic E-state index is -1.03. The van der Waals surface area contributed by atoms with Gasteiger partial charge in [-0.05, 0) is 22.8 Å². The van der Waals surface area contributed by atoms with Crippen molar-refractivity contribution in [3.05, 3.63) is 0 Å². The average molecular weight is 287 g/mol. The second-order valence-electron chi connectivity index (χ2n) is 4.33. The van der Waals surface area contributed by atoms with Crippen molar-refractivity contribution in [3.63, 3.8) is 0 Å². The fourth-order valence-electron chi connectivity index (χ4n) is 1.21. The van der Waals surface area contributed by atoms with Gasteiger partial charge in [0, 0.05) is 6.54 Å². The van der Waals surface area contributed by atoms with Gasteiger partial charge in [0.2, 0.25) is 11.1 Å². The highest BCUT2D eigenvalue weighted by Crippen LogP contribution is 2.12. The van der Waals surface area contributed by atoms with E-state index >= 15 is 0 Å². The van der Waals surface area contributed by atoms with Crippen LogP contribution in [0.4, 0.5) is 0 Å². The van der Waals surface area contributed by atoms with Crippen molar-refractivity contribution in [1.29, 1.82) is 0 Å². The Labute approximate surface area is 114 Å². The third-order valence-electron chi connectivity index (χ3n) is 2.16. The van der Waals surface area contributed by atoms with E-state index in [0.29, 0.717) is 17.6 Å². The van der Waals surface area contributed by atoms with E-state index in [0.717, 1.165) is 22.9 Å². The fraction of sp³-hybridized carbons (Fsp3) is 0.700. The van der Waals surface area contributed by atoms with Crippen molar-refractivity contribution in [2.24, 2.45) is 5.92 Å². The monoisotopic (exact) mass is 287 g/mol. The number of nitrogens with zero attached hydrogens (tertiary/aromatic N) is 4. The molecule has 19 heavy (non-hydrogen) atoms. The van der Waals surface area contributed by atoms with Crippen molar-refractivity contribution in [1.82, 2.24) is 25.5 Å². The Hall–Kier alpha value is -1.64. The molecule has 0 fully saturated rings. The van der Waals surface area contributed by atoms with Gasteiger partial charge in [-0.25, -0.2) is 4.68 Å². The number of carbonyl (C=O) groups is 2. The quantitative estimate of drug-likeness (QED) is 0.648. The maximum Gasteiger partial charge on any atom is 0.325 e. The Bertz CT molecular complexity index is 435. The van der Waals surface area contributed by atoms with Crippen LogP contribution in [-0.2, 0) is 16.1 Å². The van der Waals surface area contributed by atoms with Crippen LogP contribution < -0.4 is 5.32 Å². The highest BCUT2D eigenvalue weighted by molar-refractivity contribution is 7.99. The van der Waals surface area contributed by atoms with E-state index in [1.54, 1.807) is 0 Å². The van der Waals surface area contributed by atoms with E-state index in [4.69, 9.17) is 5.11 Å². The molecule has 9 heteroatoms. The number of hydrogen-bond donors (Lipinski definition) is 2. The molecule has 0 bridgehead atoms. The summed E-state index contributed by atoms with van der Waals surface area (Å²) in [5, 5.41) is 22.4. The maximum atomic E-state index is 11.5. The lowest BCUT2D eigenvalue weighted by Crippen LogP contribution is -2.27. The van der Waals surface area contributed by atoms with Crippen molar-refractivity contribution in [2.45, 2.75) is 32.0 Å². The zero-order chi connectivity index (χ0) is 14.3. The van der Waals surface area contributed by atoms with Gasteiger partial charge in [-0.2, -0.15) is 0 Å². The van der Waals surface area contributed by atoms with Gasteiger partial charge in [-0.1, -0.05) is 25.6 Å². The van der Waals surface area contributed by atoms with E-state index in [9.17, 15) is 9.59 Å². The average Bonchev–Trinajstić information content (AvgIpc) is 2.72. The molecule has 0 radical (unpaired) electrons. The Morgan fingerprint density at radius 1 is 1.47 bits per heavy atom. The number of aliphatic carboxylic acids is 1. The molecule has 0 spiro atoms. The van der Waals surface area contributed by atoms with Crippen molar-refractivity contribution < 1.29 is 14.7 Å². The van der Waals surface area contributed by atoms with Crippen LogP contribution in [0.3, 0.4) is 0 Å². The van der Waals surface area contributed by atoms with Gasteiger partial charge in [0.1, 0.15) is 6.54 Å². The minimum Gasteiger partial charge on any atom is -0.480 e. The largest absolute Gasteiger partial charge is 0.480 e. The highest BCUT2D eigenvalue weighted by atomic mass is 32.2. The van der Waals surface area contributed by atoms with Crippen LogP contribution in [-0.4, -0.2) is 49.5 Å². The molecular weight excluding hydrogens is 270 g/mol. The predicted molar refractivity (Wildman–Crippen MR) is 68.6 cm³/mol. The van der Waals surface area contributed by atoms with Crippen molar-refractivity contribution in [3.8, 4) is 0 Å². The molecule has 0 aliphatic heterocycles. The number of rotatable bonds is 8. The molecule has 1 aromatic heterocycles. The van der Waals surface area contributed by atoms with Gasteiger partial charge in [0.25, 0.3) is 0 Å². The summed E-state index contributed by atoms with van der Waals surface area (Å²) in [6, 6.07) is 0. The molecule has 8 nitrogen and oxygen atoms in total. The molecule has 106 valence electrons. The SMILES string of the molecule is CC(C)CCNC(=O)CSc1nnnn1CC(=O)O. The Morgan fingerprint density at radius 3 is 2.84 bits per heavy atom. The molecule has 1 amide bonds. The number of aromatic nitrogens is 4. The molecule has 0 saturated heterocycles. The van der Waals surface area contributed by atoms with Crippen LogP contribution in [0, 0.1) is 5.92 Å². The van der Waals surface area contributed by atoms with Gasteiger partial charge < -0.3 is 10.4 Å². The lowest BCUT2D eigenvalue weighted by Gasteiger charge is -2.06.